The van der Waals surface area contributed by atoms with Crippen molar-refractivity contribution in [1.82, 2.24) is 36.1 Å². The summed E-state index contributed by atoms with van der Waals surface area (Å²) >= 11 is 0. The zero-order valence-corrected chi connectivity index (χ0v) is 32.3. The molecule has 5 rings (SSSR count). The number of carbonyl (C=O) groups is 6. The smallest absolute Gasteiger partial charge is 0.290 e. The van der Waals surface area contributed by atoms with Crippen molar-refractivity contribution in [2.75, 3.05) is 6.54 Å². The van der Waals surface area contributed by atoms with E-state index in [1.165, 1.54) is 18.6 Å². The molecular formula is C41H57N7O6. The highest BCUT2D eigenvalue weighted by Crippen LogP contribution is 2.43. The molecule has 13 nitrogen and oxygen atoms in total. The van der Waals surface area contributed by atoms with Gasteiger partial charge in [-0.15, -0.1) is 0 Å². The number of amides is 5. The number of ketones is 1. The van der Waals surface area contributed by atoms with Crippen LogP contribution in [0.2, 0.25) is 0 Å². The SMILES string of the molecule is CCCC(NC(=O)[C@@H]1C2CCC[C@H]2CN1C(=O)[C@@H](NC(=O)[C@@H](NC(=O)c1cnccn1)C1CCCCC1)C(C)(C)C)C(=O)C(=O)N[C@@H](C)c1ccccc1. The molecule has 1 aromatic carbocycles. The van der Waals surface area contributed by atoms with Crippen LogP contribution in [0.15, 0.2) is 48.9 Å². The molecule has 7 atom stereocenters. The molecule has 4 N–H and O–H groups in total. The number of fused-ring (bicyclic) bond motifs is 1. The van der Waals surface area contributed by atoms with Crippen molar-refractivity contribution in [3.05, 3.63) is 60.2 Å². The molecule has 1 aromatic heterocycles. The lowest BCUT2D eigenvalue weighted by atomic mass is 9.82. The average Bonchev–Trinajstić information content (AvgIpc) is 3.77. The minimum Gasteiger partial charge on any atom is -0.344 e. The van der Waals surface area contributed by atoms with Gasteiger partial charge >= 0.3 is 0 Å². The fraction of sp³-hybridized carbons (Fsp3) is 0.610. The topological polar surface area (TPSA) is 180 Å². The molecule has 1 saturated heterocycles. The lowest BCUT2D eigenvalue weighted by Crippen LogP contribution is -2.62. The van der Waals surface area contributed by atoms with Gasteiger partial charge in [0.05, 0.1) is 18.3 Å². The second kappa shape index (κ2) is 18.1. The summed E-state index contributed by atoms with van der Waals surface area (Å²) in [6.07, 6.45) is 12.0. The number of nitrogens with one attached hydrogen (secondary N) is 4. The van der Waals surface area contributed by atoms with E-state index < -0.39 is 65.0 Å². The molecule has 3 aliphatic rings. The standard InChI is InChI=1S/C41H57N7O6/c1-6-14-30(34(49)39(53)44-25(2)26-15-9-7-10-16-26)45-38(52)33-29-20-13-19-28(29)24-48(33)40(54)35(41(3,4)5)47-37(51)32(27-17-11-8-12-18-27)46-36(50)31-23-42-21-22-43-31/h7,9-10,15-16,21-23,25,27-30,32-33,35H,6,8,11-14,17-20,24H2,1-5H3,(H,44,53)(H,45,52)(H,46,50)(H,47,51)/t25-,28-,29?,30?,32-,33-,35+/m0/s1. The molecular weight excluding hydrogens is 686 g/mol. The van der Waals surface area contributed by atoms with Gasteiger partial charge in [0.2, 0.25) is 23.5 Å². The lowest BCUT2D eigenvalue weighted by molar-refractivity contribution is -0.146. The van der Waals surface area contributed by atoms with Gasteiger partial charge in [0, 0.05) is 18.9 Å². The van der Waals surface area contributed by atoms with Crippen LogP contribution in [0, 0.1) is 23.2 Å². The summed E-state index contributed by atoms with van der Waals surface area (Å²) in [5.74, 6) is -3.49. The van der Waals surface area contributed by atoms with Crippen LogP contribution in [0.4, 0.5) is 0 Å². The second-order valence-corrected chi connectivity index (χ2v) is 16.4. The number of nitrogens with zero attached hydrogens (tertiary/aromatic N) is 3. The number of hydrogen-bond acceptors (Lipinski definition) is 8. The van der Waals surface area contributed by atoms with Gasteiger partial charge < -0.3 is 26.2 Å². The summed E-state index contributed by atoms with van der Waals surface area (Å²) < 4.78 is 0. The Bertz CT molecular complexity index is 1640. The molecule has 1 aliphatic heterocycles. The van der Waals surface area contributed by atoms with E-state index in [-0.39, 0.29) is 35.8 Å². The van der Waals surface area contributed by atoms with E-state index >= 15 is 0 Å². The molecule has 2 unspecified atom stereocenters. The highest BCUT2D eigenvalue weighted by Gasteiger charge is 2.52. The molecule has 292 valence electrons. The van der Waals surface area contributed by atoms with Crippen LogP contribution in [0.5, 0.6) is 0 Å². The van der Waals surface area contributed by atoms with Gasteiger partial charge in [-0.25, -0.2) is 4.98 Å². The first-order valence-corrected chi connectivity index (χ1v) is 19.7. The Morgan fingerprint density at radius 1 is 0.870 bits per heavy atom. The fourth-order valence-corrected chi connectivity index (χ4v) is 8.48. The summed E-state index contributed by atoms with van der Waals surface area (Å²) in [6.45, 7) is 9.61. The third-order valence-corrected chi connectivity index (χ3v) is 11.4. The molecule has 0 radical (unpaired) electrons. The Balaban J connectivity index is 1.34. The fourth-order valence-electron chi connectivity index (χ4n) is 8.48. The van der Waals surface area contributed by atoms with E-state index in [4.69, 9.17) is 0 Å². The quantitative estimate of drug-likeness (QED) is 0.209. The van der Waals surface area contributed by atoms with Gasteiger partial charge in [-0.3, -0.25) is 33.8 Å². The Morgan fingerprint density at radius 2 is 1.59 bits per heavy atom. The van der Waals surface area contributed by atoms with E-state index in [1.54, 1.807) is 11.8 Å². The summed E-state index contributed by atoms with van der Waals surface area (Å²) in [5, 5.41) is 11.6. The molecule has 54 heavy (non-hydrogen) atoms. The monoisotopic (exact) mass is 743 g/mol. The lowest BCUT2D eigenvalue weighted by Gasteiger charge is -2.38. The maximum Gasteiger partial charge on any atom is 0.290 e. The predicted molar refractivity (Wildman–Crippen MR) is 202 cm³/mol. The summed E-state index contributed by atoms with van der Waals surface area (Å²) in [4.78, 5) is 92.8. The van der Waals surface area contributed by atoms with Crippen LogP contribution in [0.3, 0.4) is 0 Å². The van der Waals surface area contributed by atoms with Gasteiger partial charge in [0.25, 0.3) is 11.8 Å². The van der Waals surface area contributed by atoms with Gasteiger partial charge in [0.1, 0.15) is 23.8 Å². The molecule has 2 aromatic rings. The van der Waals surface area contributed by atoms with Gasteiger partial charge in [0.15, 0.2) is 0 Å². The van der Waals surface area contributed by atoms with Crippen LogP contribution < -0.4 is 21.3 Å². The van der Waals surface area contributed by atoms with E-state index in [1.807, 2.05) is 58.0 Å². The molecule has 13 heteroatoms. The van der Waals surface area contributed by atoms with Crippen molar-refractivity contribution in [2.45, 2.75) is 129 Å². The van der Waals surface area contributed by atoms with Crippen LogP contribution >= 0.6 is 0 Å². The summed E-state index contributed by atoms with van der Waals surface area (Å²) in [5.41, 5.74) is 0.182. The van der Waals surface area contributed by atoms with E-state index in [0.717, 1.165) is 56.9 Å². The van der Waals surface area contributed by atoms with Gasteiger partial charge in [-0.1, -0.05) is 90.1 Å². The molecule has 5 amide bonds. The van der Waals surface area contributed by atoms with E-state index in [9.17, 15) is 28.8 Å². The minimum atomic E-state index is -1.06. The zero-order chi connectivity index (χ0) is 39.0. The minimum absolute atomic E-state index is 0.0927. The third-order valence-electron chi connectivity index (χ3n) is 11.4. The van der Waals surface area contributed by atoms with Gasteiger partial charge in [-0.2, -0.15) is 0 Å². The average molecular weight is 744 g/mol. The zero-order valence-electron chi connectivity index (χ0n) is 32.3. The summed E-state index contributed by atoms with van der Waals surface area (Å²) in [6, 6.07) is 5.06. The normalized spacial score (nSPS) is 22.2. The number of hydrogen-bond donors (Lipinski definition) is 4. The molecule has 3 fully saturated rings. The molecule has 2 saturated carbocycles. The third kappa shape index (κ3) is 9.70. The summed E-state index contributed by atoms with van der Waals surface area (Å²) in [7, 11) is 0. The van der Waals surface area contributed by atoms with Crippen molar-refractivity contribution in [3.63, 3.8) is 0 Å². The first kappa shape index (κ1) is 40.5. The highest BCUT2D eigenvalue weighted by molar-refractivity contribution is 6.38. The molecule has 2 aliphatic carbocycles. The van der Waals surface area contributed by atoms with Crippen molar-refractivity contribution in [3.8, 4) is 0 Å². The molecule has 0 bridgehead atoms. The largest absolute Gasteiger partial charge is 0.344 e. The van der Waals surface area contributed by atoms with Crippen LogP contribution in [-0.2, 0) is 24.0 Å². The first-order chi connectivity index (χ1) is 25.8. The predicted octanol–water partition coefficient (Wildman–Crippen LogP) is 4.04. The first-order valence-electron chi connectivity index (χ1n) is 19.7. The maximum absolute atomic E-state index is 14.7. The van der Waals surface area contributed by atoms with Crippen LogP contribution in [0.25, 0.3) is 0 Å². The number of likely N-dealkylation sites (tertiary alicyclic amines) is 1. The Morgan fingerprint density at radius 3 is 2.24 bits per heavy atom. The number of rotatable bonds is 14. The number of benzene rings is 1. The number of Topliss-reactive ketones (excluding diaryl/α,β-unsaturated/α-hetero) is 1. The molecule has 2 heterocycles. The van der Waals surface area contributed by atoms with Crippen LogP contribution in [0.1, 0.15) is 121 Å². The Kier molecular flexibility index (Phi) is 13.6. The number of aromatic nitrogens is 2. The van der Waals surface area contributed by atoms with E-state index in [2.05, 4.69) is 31.2 Å². The van der Waals surface area contributed by atoms with E-state index in [0.29, 0.717) is 13.0 Å². The van der Waals surface area contributed by atoms with Crippen molar-refractivity contribution in [1.29, 1.82) is 0 Å². The second-order valence-electron chi connectivity index (χ2n) is 16.4. The maximum atomic E-state index is 14.7. The van der Waals surface area contributed by atoms with Crippen molar-refractivity contribution in [2.24, 2.45) is 23.2 Å². The van der Waals surface area contributed by atoms with Crippen molar-refractivity contribution >= 4 is 35.3 Å². The Hall–Kier alpha value is -4.68. The highest BCUT2D eigenvalue weighted by atomic mass is 16.2. The van der Waals surface area contributed by atoms with Crippen LogP contribution in [-0.4, -0.2) is 80.9 Å². The van der Waals surface area contributed by atoms with Gasteiger partial charge in [-0.05, 0) is 67.8 Å². The Labute approximate surface area is 318 Å². The molecule has 0 spiro atoms. The number of carbonyl (C=O) groups excluding carboxylic acids is 6. The van der Waals surface area contributed by atoms with Crippen molar-refractivity contribution < 1.29 is 28.8 Å².